The summed E-state index contributed by atoms with van der Waals surface area (Å²) in [4.78, 5) is 11.9. The van der Waals surface area contributed by atoms with Crippen molar-refractivity contribution in [1.82, 2.24) is 5.32 Å². The average Bonchev–Trinajstić information content (AvgIpc) is 2.54. The zero-order chi connectivity index (χ0) is 18.0. The first-order valence-electron chi connectivity index (χ1n) is 6.28. The summed E-state index contributed by atoms with van der Waals surface area (Å²) in [5.74, 6) is -10.5. The van der Waals surface area contributed by atoms with Crippen LogP contribution >= 0.6 is 0 Å². The minimum atomic E-state index is -1.88. The molecule has 0 spiro atoms. The third kappa shape index (κ3) is 3.12. The monoisotopic (exact) mass is 342 g/mol. The van der Waals surface area contributed by atoms with Gasteiger partial charge in [0, 0.05) is 11.6 Å². The summed E-state index contributed by atoms with van der Waals surface area (Å²) in [5, 5.41) is 19.9. The summed E-state index contributed by atoms with van der Waals surface area (Å²) in [5.41, 5.74) is -1.51. The minimum absolute atomic E-state index is 0.176. The highest BCUT2D eigenvalue weighted by molar-refractivity contribution is 5.95. The lowest BCUT2D eigenvalue weighted by Gasteiger charge is -2.14. The molecule has 2 rings (SSSR count). The van der Waals surface area contributed by atoms with E-state index in [1.54, 1.807) is 0 Å². The number of aromatic hydroxyl groups is 1. The van der Waals surface area contributed by atoms with Crippen LogP contribution in [0.2, 0.25) is 0 Å². The first-order chi connectivity index (χ1) is 11.3. The van der Waals surface area contributed by atoms with Crippen LogP contribution in [0, 0.1) is 40.4 Å². The quantitative estimate of drug-likeness (QED) is 0.665. The van der Waals surface area contributed by atoms with Crippen molar-refractivity contribution in [3.05, 3.63) is 64.5 Å². The van der Waals surface area contributed by atoms with E-state index in [4.69, 9.17) is 10.4 Å². The predicted octanol–water partition coefficient (Wildman–Crippen LogP) is 3.08. The predicted molar refractivity (Wildman–Crippen MR) is 70.2 cm³/mol. The lowest BCUT2D eigenvalue weighted by Crippen LogP contribution is -2.29. The van der Waals surface area contributed by atoms with Gasteiger partial charge in [0.05, 0.1) is 11.6 Å². The smallest absolute Gasteiger partial charge is 0.255 e. The summed E-state index contributed by atoms with van der Waals surface area (Å²) < 4.78 is 66.3. The van der Waals surface area contributed by atoms with Crippen molar-refractivity contribution in [2.75, 3.05) is 0 Å². The van der Waals surface area contributed by atoms with Crippen LogP contribution < -0.4 is 5.32 Å². The van der Waals surface area contributed by atoms with E-state index in [9.17, 15) is 26.7 Å². The molecule has 0 radical (unpaired) electrons. The van der Waals surface area contributed by atoms with Crippen molar-refractivity contribution >= 4 is 5.91 Å². The number of benzene rings is 2. The van der Waals surface area contributed by atoms with E-state index in [1.165, 1.54) is 6.07 Å². The summed E-state index contributed by atoms with van der Waals surface area (Å²) in [6.45, 7) is 0. The van der Waals surface area contributed by atoms with E-state index in [1.807, 2.05) is 5.32 Å². The Morgan fingerprint density at radius 1 is 1.08 bits per heavy atom. The lowest BCUT2D eigenvalue weighted by molar-refractivity contribution is 0.0939. The van der Waals surface area contributed by atoms with Crippen molar-refractivity contribution in [3.8, 4) is 11.8 Å². The Kier molecular flexibility index (Phi) is 4.69. The molecular formula is C15H7F5N2O2. The number of hydrogen-bond acceptors (Lipinski definition) is 3. The Hall–Kier alpha value is -3.15. The van der Waals surface area contributed by atoms with Gasteiger partial charge in [-0.2, -0.15) is 9.65 Å². The number of phenols is 1. The van der Waals surface area contributed by atoms with E-state index < -0.39 is 57.9 Å². The Bertz CT molecular complexity index is 864. The van der Waals surface area contributed by atoms with Gasteiger partial charge in [-0.25, -0.2) is 17.6 Å². The molecule has 2 aromatic rings. The van der Waals surface area contributed by atoms with Crippen LogP contribution in [-0.4, -0.2) is 11.0 Å². The van der Waals surface area contributed by atoms with Crippen LogP contribution in [0.5, 0.6) is 5.75 Å². The van der Waals surface area contributed by atoms with Crippen molar-refractivity contribution in [1.29, 1.82) is 5.26 Å². The van der Waals surface area contributed by atoms with Gasteiger partial charge < -0.3 is 10.4 Å². The van der Waals surface area contributed by atoms with Gasteiger partial charge in [0.1, 0.15) is 17.7 Å². The second-order valence-electron chi connectivity index (χ2n) is 4.58. The molecule has 0 aliphatic rings. The molecule has 2 N–H and O–H groups in total. The maximum atomic E-state index is 13.7. The summed E-state index contributed by atoms with van der Waals surface area (Å²) >= 11 is 0. The fourth-order valence-corrected chi connectivity index (χ4v) is 1.88. The molecule has 0 unspecified atom stereocenters. The highest BCUT2D eigenvalue weighted by atomic mass is 19.2. The van der Waals surface area contributed by atoms with E-state index >= 15 is 0 Å². The molecule has 2 aromatic carbocycles. The van der Waals surface area contributed by atoms with E-state index in [0.29, 0.717) is 6.07 Å². The highest BCUT2D eigenvalue weighted by Gasteiger charge is 2.25. The molecule has 1 amide bonds. The molecule has 0 fully saturated rings. The van der Waals surface area contributed by atoms with Crippen molar-refractivity contribution < 1.29 is 31.9 Å². The SMILES string of the molecule is N#C[C@@H](NC(=O)c1cc(F)c(F)c(O)c1F)c1ccc(F)cc1F. The number of phenolic OH excluding ortho intramolecular Hbond substituents is 1. The van der Waals surface area contributed by atoms with Crippen LogP contribution in [0.4, 0.5) is 22.0 Å². The third-order valence-electron chi connectivity index (χ3n) is 3.06. The van der Waals surface area contributed by atoms with Gasteiger partial charge in [0.2, 0.25) is 5.82 Å². The number of nitriles is 1. The van der Waals surface area contributed by atoms with Gasteiger partial charge in [-0.3, -0.25) is 4.79 Å². The van der Waals surface area contributed by atoms with Crippen molar-refractivity contribution in [2.45, 2.75) is 6.04 Å². The molecule has 0 saturated heterocycles. The summed E-state index contributed by atoms with van der Waals surface area (Å²) in [7, 11) is 0. The number of nitrogens with zero attached hydrogens (tertiary/aromatic N) is 1. The highest BCUT2D eigenvalue weighted by Crippen LogP contribution is 2.26. The average molecular weight is 342 g/mol. The zero-order valence-electron chi connectivity index (χ0n) is 11.6. The Morgan fingerprint density at radius 3 is 2.33 bits per heavy atom. The molecule has 0 aliphatic carbocycles. The van der Waals surface area contributed by atoms with Gasteiger partial charge in [0.25, 0.3) is 5.91 Å². The molecule has 0 aliphatic heterocycles. The number of amides is 1. The zero-order valence-corrected chi connectivity index (χ0v) is 11.6. The fourth-order valence-electron chi connectivity index (χ4n) is 1.88. The van der Waals surface area contributed by atoms with Gasteiger partial charge in [0.15, 0.2) is 17.4 Å². The molecule has 9 heteroatoms. The van der Waals surface area contributed by atoms with Crippen LogP contribution in [0.25, 0.3) is 0 Å². The molecule has 1 atom stereocenters. The van der Waals surface area contributed by atoms with Crippen molar-refractivity contribution in [3.63, 3.8) is 0 Å². The topological polar surface area (TPSA) is 73.1 Å². The summed E-state index contributed by atoms with van der Waals surface area (Å²) in [6, 6.07) is 2.20. The van der Waals surface area contributed by atoms with Crippen molar-refractivity contribution in [2.24, 2.45) is 0 Å². The standard InChI is InChI=1S/C15H7F5N2O2/c16-6-1-2-7(9(17)3-6)11(5-21)22-15(24)8-4-10(18)13(20)14(23)12(8)19/h1-4,11,23H,(H,22,24)/t11-/m1/s1. The normalized spacial score (nSPS) is 11.7. The van der Waals surface area contributed by atoms with Crippen LogP contribution in [-0.2, 0) is 0 Å². The maximum Gasteiger partial charge on any atom is 0.255 e. The lowest BCUT2D eigenvalue weighted by atomic mass is 10.1. The Morgan fingerprint density at radius 2 is 1.75 bits per heavy atom. The molecule has 0 bridgehead atoms. The molecule has 0 saturated carbocycles. The van der Waals surface area contributed by atoms with Gasteiger partial charge in [-0.1, -0.05) is 6.07 Å². The first-order valence-corrected chi connectivity index (χ1v) is 6.28. The first kappa shape index (κ1) is 17.2. The van der Waals surface area contributed by atoms with E-state index in [2.05, 4.69) is 0 Å². The molecule has 124 valence electrons. The second-order valence-corrected chi connectivity index (χ2v) is 4.58. The maximum absolute atomic E-state index is 13.7. The van der Waals surface area contributed by atoms with Gasteiger partial charge >= 0.3 is 0 Å². The van der Waals surface area contributed by atoms with Gasteiger partial charge in [-0.15, -0.1) is 0 Å². The molecule has 0 aromatic heterocycles. The number of halogens is 5. The minimum Gasteiger partial charge on any atom is -0.503 e. The Balaban J connectivity index is 2.36. The molecule has 24 heavy (non-hydrogen) atoms. The van der Waals surface area contributed by atoms with E-state index in [0.717, 1.165) is 12.1 Å². The number of rotatable bonds is 3. The van der Waals surface area contributed by atoms with Crippen LogP contribution in [0.3, 0.4) is 0 Å². The largest absolute Gasteiger partial charge is 0.503 e. The third-order valence-corrected chi connectivity index (χ3v) is 3.06. The molecule has 0 heterocycles. The number of nitrogens with one attached hydrogen (secondary N) is 1. The van der Waals surface area contributed by atoms with E-state index in [-0.39, 0.29) is 6.07 Å². The number of carbonyl (C=O) groups excluding carboxylic acids is 1. The Labute approximate surface area is 131 Å². The molecular weight excluding hydrogens is 335 g/mol. The second kappa shape index (κ2) is 6.54. The molecule has 4 nitrogen and oxygen atoms in total. The van der Waals surface area contributed by atoms with Crippen LogP contribution in [0.1, 0.15) is 22.0 Å². The van der Waals surface area contributed by atoms with Crippen LogP contribution in [0.15, 0.2) is 24.3 Å². The summed E-state index contributed by atoms with van der Waals surface area (Å²) in [6.07, 6.45) is 0. The fraction of sp³-hybridized carbons (Fsp3) is 0.0667. The number of hydrogen-bond donors (Lipinski definition) is 2. The number of carbonyl (C=O) groups is 1. The van der Waals surface area contributed by atoms with Gasteiger partial charge in [-0.05, 0) is 12.1 Å².